The van der Waals surface area contributed by atoms with E-state index in [4.69, 9.17) is 4.74 Å². The zero-order valence-corrected chi connectivity index (χ0v) is 14.3. The van der Waals surface area contributed by atoms with Gasteiger partial charge in [0.15, 0.2) is 0 Å². The van der Waals surface area contributed by atoms with Gasteiger partial charge in [0.1, 0.15) is 11.4 Å². The van der Waals surface area contributed by atoms with Gasteiger partial charge in [0.05, 0.1) is 18.6 Å². The molecule has 0 amide bonds. The molecule has 24 heavy (non-hydrogen) atoms. The average molecular weight is 326 g/mol. The molecule has 1 aliphatic heterocycles. The molecule has 126 valence electrons. The molecule has 0 saturated heterocycles. The van der Waals surface area contributed by atoms with Gasteiger partial charge in [-0.1, -0.05) is 24.3 Å². The van der Waals surface area contributed by atoms with Crippen molar-refractivity contribution >= 4 is 0 Å². The number of nitrogens with zero attached hydrogens (tertiary/aromatic N) is 2. The second-order valence-electron chi connectivity index (χ2n) is 6.85. The fourth-order valence-corrected chi connectivity index (χ4v) is 3.66. The van der Waals surface area contributed by atoms with E-state index in [0.29, 0.717) is 6.61 Å². The molecule has 3 rings (SSSR count). The number of ether oxygens (including phenoxy) is 1. The fourth-order valence-electron chi connectivity index (χ4n) is 3.66. The molecule has 0 aromatic heterocycles. The Bertz CT molecular complexity index is 699. The minimum Gasteiger partial charge on any atom is -0.361 e. The summed E-state index contributed by atoms with van der Waals surface area (Å²) in [6.07, 6.45) is 6.59. The molecule has 2 aliphatic rings. The van der Waals surface area contributed by atoms with Crippen LogP contribution in [0, 0.1) is 23.1 Å². The Morgan fingerprint density at radius 3 is 2.75 bits per heavy atom. The molecule has 3 nitrogen and oxygen atoms in total. The van der Waals surface area contributed by atoms with Crippen molar-refractivity contribution < 1.29 is 9.13 Å². The third-order valence-electron chi connectivity index (χ3n) is 4.88. The van der Waals surface area contributed by atoms with Crippen LogP contribution in [-0.2, 0) is 10.3 Å². The van der Waals surface area contributed by atoms with Crippen LogP contribution in [0.2, 0.25) is 0 Å². The summed E-state index contributed by atoms with van der Waals surface area (Å²) in [6.45, 7) is 1.52. The van der Waals surface area contributed by atoms with E-state index in [0.717, 1.165) is 31.4 Å². The maximum absolute atomic E-state index is 13.4. The third-order valence-corrected chi connectivity index (χ3v) is 4.88. The quantitative estimate of drug-likeness (QED) is 0.826. The number of rotatable bonds is 5. The minimum atomic E-state index is -0.518. The normalized spacial score (nSPS) is 25.9. The molecule has 0 saturated carbocycles. The van der Waals surface area contributed by atoms with Crippen LogP contribution in [0.25, 0.3) is 0 Å². The molecule has 1 aliphatic carbocycles. The molecule has 1 aromatic carbocycles. The van der Waals surface area contributed by atoms with Gasteiger partial charge < -0.3 is 9.64 Å². The molecular weight excluding hydrogens is 303 g/mol. The average Bonchev–Trinajstić information content (AvgIpc) is 2.94. The molecule has 2 atom stereocenters. The summed E-state index contributed by atoms with van der Waals surface area (Å²) in [4.78, 5) is 2.16. The van der Waals surface area contributed by atoms with Gasteiger partial charge in [0.2, 0.25) is 0 Å². The summed E-state index contributed by atoms with van der Waals surface area (Å²) in [5.41, 5.74) is 2.85. The molecule has 0 bridgehead atoms. The van der Waals surface area contributed by atoms with Crippen molar-refractivity contribution in [2.24, 2.45) is 5.92 Å². The van der Waals surface area contributed by atoms with E-state index in [1.165, 1.54) is 23.3 Å². The zero-order chi connectivity index (χ0) is 17.2. The standard InChI is InChI=1S/C20H23FN2O/c1-23(2)11-3-10-20(17-5-7-18(21)8-6-17)19-9-4-15(13-22)12-16(19)14-24-20/h4-9,15H,3,10-12,14H2,1-2H3. The highest BCUT2D eigenvalue weighted by Gasteiger charge is 2.43. The molecule has 1 heterocycles. The van der Waals surface area contributed by atoms with Gasteiger partial charge in [-0.2, -0.15) is 5.26 Å². The predicted molar refractivity (Wildman–Crippen MR) is 91.7 cm³/mol. The van der Waals surface area contributed by atoms with E-state index in [1.807, 2.05) is 18.2 Å². The lowest BCUT2D eigenvalue weighted by atomic mass is 9.78. The summed E-state index contributed by atoms with van der Waals surface area (Å²) in [5, 5.41) is 9.18. The predicted octanol–water partition coefficient (Wildman–Crippen LogP) is 3.79. The Morgan fingerprint density at radius 1 is 1.33 bits per heavy atom. The fraction of sp³-hybridized carbons (Fsp3) is 0.450. The first kappa shape index (κ1) is 16.9. The highest BCUT2D eigenvalue weighted by atomic mass is 19.1. The van der Waals surface area contributed by atoms with Crippen molar-refractivity contribution in [3.8, 4) is 6.07 Å². The first-order chi connectivity index (χ1) is 11.5. The van der Waals surface area contributed by atoms with Crippen LogP contribution >= 0.6 is 0 Å². The Balaban J connectivity index is 1.95. The number of hydrogen-bond donors (Lipinski definition) is 0. The van der Waals surface area contributed by atoms with E-state index in [-0.39, 0.29) is 11.7 Å². The molecule has 0 spiro atoms. The Labute approximate surface area is 143 Å². The highest BCUT2D eigenvalue weighted by Crippen LogP contribution is 2.48. The van der Waals surface area contributed by atoms with Gasteiger partial charge in [-0.25, -0.2) is 4.39 Å². The summed E-state index contributed by atoms with van der Waals surface area (Å²) in [7, 11) is 4.12. The van der Waals surface area contributed by atoms with Crippen molar-refractivity contribution in [2.75, 3.05) is 27.2 Å². The molecule has 2 unspecified atom stereocenters. The first-order valence-electron chi connectivity index (χ1n) is 8.40. The van der Waals surface area contributed by atoms with Gasteiger partial charge in [-0.3, -0.25) is 0 Å². The number of halogens is 1. The maximum atomic E-state index is 13.4. The number of nitriles is 1. The van der Waals surface area contributed by atoms with E-state index < -0.39 is 5.60 Å². The molecule has 4 heteroatoms. The van der Waals surface area contributed by atoms with Crippen LogP contribution in [0.1, 0.15) is 24.8 Å². The SMILES string of the molecule is CN(C)CCCC1(c2ccc(F)cc2)OCC2=C1C=CC(C#N)C2. The number of hydrogen-bond acceptors (Lipinski definition) is 3. The van der Waals surface area contributed by atoms with Crippen LogP contribution in [0.4, 0.5) is 4.39 Å². The molecule has 0 radical (unpaired) electrons. The van der Waals surface area contributed by atoms with Gasteiger partial charge in [-0.15, -0.1) is 0 Å². The van der Waals surface area contributed by atoms with Crippen molar-refractivity contribution in [3.05, 3.63) is 58.9 Å². The lowest BCUT2D eigenvalue weighted by molar-refractivity contribution is 0.00581. The van der Waals surface area contributed by atoms with E-state index in [1.54, 1.807) is 0 Å². The smallest absolute Gasteiger partial charge is 0.123 e. The first-order valence-corrected chi connectivity index (χ1v) is 8.40. The summed E-state index contributed by atoms with van der Waals surface area (Å²) in [6, 6.07) is 8.96. The maximum Gasteiger partial charge on any atom is 0.123 e. The molecular formula is C20H23FN2O. The Morgan fingerprint density at radius 2 is 2.08 bits per heavy atom. The van der Waals surface area contributed by atoms with E-state index in [2.05, 4.69) is 31.1 Å². The molecule has 0 N–H and O–H groups in total. The van der Waals surface area contributed by atoms with Crippen LogP contribution in [0.5, 0.6) is 0 Å². The van der Waals surface area contributed by atoms with Gasteiger partial charge >= 0.3 is 0 Å². The highest BCUT2D eigenvalue weighted by molar-refractivity contribution is 5.47. The number of benzene rings is 1. The van der Waals surface area contributed by atoms with Crippen LogP contribution in [0.3, 0.4) is 0 Å². The lowest BCUT2D eigenvalue weighted by Gasteiger charge is -2.33. The van der Waals surface area contributed by atoms with Crippen molar-refractivity contribution in [1.29, 1.82) is 5.26 Å². The summed E-state index contributed by atoms with van der Waals surface area (Å²) < 4.78 is 19.7. The van der Waals surface area contributed by atoms with Gasteiger partial charge in [0.25, 0.3) is 0 Å². The Hall–Kier alpha value is -1.96. The van der Waals surface area contributed by atoms with Crippen LogP contribution < -0.4 is 0 Å². The topological polar surface area (TPSA) is 36.3 Å². The van der Waals surface area contributed by atoms with Crippen molar-refractivity contribution in [2.45, 2.75) is 24.9 Å². The third kappa shape index (κ3) is 3.15. The second kappa shape index (κ2) is 6.88. The van der Waals surface area contributed by atoms with Crippen LogP contribution in [-0.4, -0.2) is 32.1 Å². The van der Waals surface area contributed by atoms with Crippen molar-refractivity contribution in [3.63, 3.8) is 0 Å². The zero-order valence-electron chi connectivity index (χ0n) is 14.3. The van der Waals surface area contributed by atoms with Gasteiger partial charge in [-0.05, 0) is 68.7 Å². The van der Waals surface area contributed by atoms with Crippen molar-refractivity contribution in [1.82, 2.24) is 4.90 Å². The van der Waals surface area contributed by atoms with Crippen LogP contribution in [0.15, 0.2) is 47.6 Å². The minimum absolute atomic E-state index is 0.0712. The van der Waals surface area contributed by atoms with Gasteiger partial charge in [0, 0.05) is 0 Å². The molecule has 1 aromatic rings. The Kier molecular flexibility index (Phi) is 4.84. The second-order valence-corrected chi connectivity index (χ2v) is 6.85. The van der Waals surface area contributed by atoms with E-state index in [9.17, 15) is 9.65 Å². The lowest BCUT2D eigenvalue weighted by Crippen LogP contribution is -2.30. The largest absolute Gasteiger partial charge is 0.361 e. The monoisotopic (exact) mass is 326 g/mol. The van der Waals surface area contributed by atoms with E-state index >= 15 is 0 Å². The number of allylic oxidation sites excluding steroid dienone is 1. The summed E-state index contributed by atoms with van der Waals surface area (Å²) >= 11 is 0. The summed E-state index contributed by atoms with van der Waals surface area (Å²) in [5.74, 6) is -0.309. The molecule has 0 fully saturated rings.